The number of benzene rings is 2. The second-order valence-electron chi connectivity index (χ2n) is 5.49. The van der Waals surface area contributed by atoms with Crippen molar-refractivity contribution in [2.75, 3.05) is 20.1 Å². The molecule has 1 N–H and O–H groups in total. The fourth-order valence-electron chi connectivity index (χ4n) is 2.49. The number of rotatable bonds is 5. The number of ether oxygens (including phenoxy) is 1. The molecule has 6 nitrogen and oxygen atoms in total. The van der Waals surface area contributed by atoms with Crippen LogP contribution in [0.2, 0.25) is 0 Å². The third-order valence-electron chi connectivity index (χ3n) is 3.85. The molecule has 0 saturated carbocycles. The van der Waals surface area contributed by atoms with E-state index in [0.29, 0.717) is 17.1 Å². The van der Waals surface area contributed by atoms with E-state index < -0.39 is 10.0 Å². The van der Waals surface area contributed by atoms with Gasteiger partial charge >= 0.3 is 0 Å². The Morgan fingerprint density at radius 1 is 1.04 bits per heavy atom. The Bertz CT molecular complexity index is 890. The molecule has 3 rings (SSSR count). The molecule has 0 aromatic heterocycles. The molecule has 0 spiro atoms. The number of para-hydroxylation sites is 1. The molecule has 1 heterocycles. The van der Waals surface area contributed by atoms with Gasteiger partial charge in [0.2, 0.25) is 15.9 Å². The van der Waals surface area contributed by atoms with Crippen molar-refractivity contribution in [2.45, 2.75) is 4.90 Å². The molecule has 25 heavy (non-hydrogen) atoms. The van der Waals surface area contributed by atoms with Crippen molar-refractivity contribution in [1.29, 1.82) is 0 Å². The number of carbonyl (C=O) groups excluding carboxylic acids is 1. The number of hydrogen-bond acceptors (Lipinski definition) is 4. The molecule has 0 saturated heterocycles. The first-order valence-corrected chi connectivity index (χ1v) is 9.19. The summed E-state index contributed by atoms with van der Waals surface area (Å²) >= 11 is 0. The lowest BCUT2D eigenvalue weighted by molar-refractivity contribution is -0.117. The van der Waals surface area contributed by atoms with E-state index in [2.05, 4.69) is 5.32 Å². The fraction of sp³-hybridized carbons (Fsp3) is 0.167. The van der Waals surface area contributed by atoms with E-state index in [1.54, 1.807) is 18.2 Å². The molecule has 0 bridgehead atoms. The molecule has 1 aliphatic rings. The van der Waals surface area contributed by atoms with Crippen LogP contribution >= 0.6 is 0 Å². The minimum atomic E-state index is -3.66. The Balaban J connectivity index is 1.72. The molecule has 0 radical (unpaired) electrons. The van der Waals surface area contributed by atoms with E-state index in [-0.39, 0.29) is 23.9 Å². The maximum atomic E-state index is 12.7. The van der Waals surface area contributed by atoms with Crippen molar-refractivity contribution in [3.05, 3.63) is 66.2 Å². The van der Waals surface area contributed by atoms with Crippen LogP contribution in [0.5, 0.6) is 11.5 Å². The number of nitrogens with one attached hydrogen (secondary N) is 1. The summed E-state index contributed by atoms with van der Waals surface area (Å²) in [6, 6.07) is 15.5. The molecule has 7 heteroatoms. The average molecular weight is 358 g/mol. The van der Waals surface area contributed by atoms with Crippen molar-refractivity contribution in [3.63, 3.8) is 0 Å². The molecule has 130 valence electrons. The fourth-order valence-corrected chi connectivity index (χ4v) is 3.85. The molecule has 2 aromatic carbocycles. The zero-order chi connectivity index (χ0) is 17.9. The smallest absolute Gasteiger partial charge is 0.248 e. The predicted molar refractivity (Wildman–Crippen MR) is 93.9 cm³/mol. The van der Waals surface area contributed by atoms with E-state index in [1.807, 2.05) is 30.3 Å². The molecule has 0 aliphatic carbocycles. The number of nitrogens with zero attached hydrogens (tertiary/aromatic N) is 1. The molecular formula is C18H18N2O4S. The van der Waals surface area contributed by atoms with Gasteiger partial charge in [-0.25, -0.2) is 8.42 Å². The minimum Gasteiger partial charge on any atom is -0.457 e. The predicted octanol–water partition coefficient (Wildman–Crippen LogP) is 2.16. The molecule has 1 amide bonds. The summed E-state index contributed by atoms with van der Waals surface area (Å²) in [4.78, 5) is 11.8. The van der Waals surface area contributed by atoms with Gasteiger partial charge in [0.15, 0.2) is 0 Å². The van der Waals surface area contributed by atoms with E-state index >= 15 is 0 Å². The lowest BCUT2D eigenvalue weighted by Gasteiger charge is -2.16. The van der Waals surface area contributed by atoms with E-state index in [4.69, 9.17) is 4.74 Å². The van der Waals surface area contributed by atoms with Crippen LogP contribution < -0.4 is 10.1 Å². The average Bonchev–Trinajstić information content (AvgIpc) is 3.13. The summed E-state index contributed by atoms with van der Waals surface area (Å²) in [5.74, 6) is 0.970. The first kappa shape index (κ1) is 17.2. The van der Waals surface area contributed by atoms with Gasteiger partial charge in [0, 0.05) is 25.7 Å². The van der Waals surface area contributed by atoms with Gasteiger partial charge in [-0.05, 0) is 36.4 Å². The third kappa shape index (κ3) is 3.72. The van der Waals surface area contributed by atoms with E-state index in [9.17, 15) is 13.2 Å². The normalized spacial score (nSPS) is 14.8. The Morgan fingerprint density at radius 2 is 1.68 bits per heavy atom. The quantitative estimate of drug-likeness (QED) is 0.889. The highest BCUT2D eigenvalue weighted by Gasteiger charge is 2.30. The molecule has 1 aliphatic heterocycles. The molecule has 0 unspecified atom stereocenters. The number of carbonyl (C=O) groups is 1. The number of sulfonamides is 1. The number of amides is 1. The van der Waals surface area contributed by atoms with Gasteiger partial charge in [-0.1, -0.05) is 24.3 Å². The number of likely N-dealkylation sites (N-methyl/N-ethyl adjacent to an activating group) is 1. The van der Waals surface area contributed by atoms with Crippen LogP contribution in [-0.4, -0.2) is 38.8 Å². The monoisotopic (exact) mass is 358 g/mol. The van der Waals surface area contributed by atoms with Crippen molar-refractivity contribution >= 4 is 15.9 Å². The Hall–Kier alpha value is -2.64. The van der Waals surface area contributed by atoms with Gasteiger partial charge in [-0.15, -0.1) is 0 Å². The topological polar surface area (TPSA) is 75.7 Å². The van der Waals surface area contributed by atoms with Crippen LogP contribution in [0.15, 0.2) is 71.1 Å². The van der Waals surface area contributed by atoms with Gasteiger partial charge in [0.05, 0.1) is 4.90 Å². The van der Waals surface area contributed by atoms with Crippen molar-refractivity contribution in [2.24, 2.45) is 0 Å². The zero-order valence-electron chi connectivity index (χ0n) is 13.7. The van der Waals surface area contributed by atoms with Crippen molar-refractivity contribution in [1.82, 2.24) is 9.62 Å². The number of hydrogen-bond donors (Lipinski definition) is 1. The van der Waals surface area contributed by atoms with Crippen LogP contribution in [-0.2, 0) is 14.8 Å². The van der Waals surface area contributed by atoms with Crippen LogP contribution in [0.3, 0.4) is 0 Å². The molecular weight excluding hydrogens is 340 g/mol. The summed E-state index contributed by atoms with van der Waals surface area (Å²) in [6.45, 7) is 0.262. The molecule has 2 aromatic rings. The SMILES string of the molecule is CNC(=O)C1=CCN(S(=O)(=O)c2ccc(Oc3ccccc3)cc2)C1. The standard InChI is InChI=1S/C18H18N2O4S/c1-19-18(21)14-11-12-20(13-14)25(22,23)17-9-7-16(8-10-17)24-15-5-3-2-4-6-15/h2-11H,12-13H2,1H3,(H,19,21). The van der Waals surface area contributed by atoms with Crippen LogP contribution in [0, 0.1) is 0 Å². The third-order valence-corrected chi connectivity index (χ3v) is 5.67. The molecule has 0 fully saturated rings. The van der Waals surface area contributed by atoms with Gasteiger partial charge in [0.25, 0.3) is 0 Å². The highest BCUT2D eigenvalue weighted by Crippen LogP contribution is 2.25. The summed E-state index contributed by atoms with van der Waals surface area (Å²) in [6.07, 6.45) is 1.63. The highest BCUT2D eigenvalue weighted by molar-refractivity contribution is 7.89. The maximum Gasteiger partial charge on any atom is 0.248 e. The second kappa shape index (κ2) is 7.08. The van der Waals surface area contributed by atoms with Crippen LogP contribution in [0.1, 0.15) is 0 Å². The van der Waals surface area contributed by atoms with Gasteiger partial charge < -0.3 is 10.1 Å². The van der Waals surface area contributed by atoms with Crippen LogP contribution in [0.25, 0.3) is 0 Å². The lowest BCUT2D eigenvalue weighted by Crippen LogP contribution is -2.31. The Kier molecular flexibility index (Phi) is 4.87. The molecule has 0 atom stereocenters. The summed E-state index contributed by atoms with van der Waals surface area (Å²) in [5.41, 5.74) is 0.454. The lowest BCUT2D eigenvalue weighted by atomic mass is 10.3. The van der Waals surface area contributed by atoms with E-state index in [1.165, 1.54) is 23.5 Å². The Labute approximate surface area is 146 Å². The first-order chi connectivity index (χ1) is 12.0. The maximum absolute atomic E-state index is 12.7. The van der Waals surface area contributed by atoms with Gasteiger partial charge in [-0.3, -0.25) is 4.79 Å². The minimum absolute atomic E-state index is 0.0737. The van der Waals surface area contributed by atoms with Crippen molar-refractivity contribution < 1.29 is 17.9 Å². The second-order valence-corrected chi connectivity index (χ2v) is 7.43. The Morgan fingerprint density at radius 3 is 2.32 bits per heavy atom. The highest BCUT2D eigenvalue weighted by atomic mass is 32.2. The largest absolute Gasteiger partial charge is 0.457 e. The van der Waals surface area contributed by atoms with Gasteiger partial charge in [0.1, 0.15) is 11.5 Å². The first-order valence-electron chi connectivity index (χ1n) is 7.75. The van der Waals surface area contributed by atoms with Gasteiger partial charge in [-0.2, -0.15) is 4.31 Å². The van der Waals surface area contributed by atoms with Crippen molar-refractivity contribution in [3.8, 4) is 11.5 Å². The zero-order valence-corrected chi connectivity index (χ0v) is 14.5. The summed E-state index contributed by atoms with van der Waals surface area (Å²) in [7, 11) is -2.14. The summed E-state index contributed by atoms with van der Waals surface area (Å²) in [5, 5.41) is 2.50. The van der Waals surface area contributed by atoms with Crippen LogP contribution in [0.4, 0.5) is 0 Å². The van der Waals surface area contributed by atoms with E-state index in [0.717, 1.165) is 0 Å². The summed E-state index contributed by atoms with van der Waals surface area (Å²) < 4.78 is 32.3.